The van der Waals surface area contributed by atoms with Crippen LogP contribution in [-0.2, 0) is 24.1 Å². The molecule has 0 unspecified atom stereocenters. The summed E-state index contributed by atoms with van der Waals surface area (Å²) in [5.74, 6) is -0.413. The van der Waals surface area contributed by atoms with Crippen molar-refractivity contribution in [2.75, 3.05) is 5.32 Å². The second-order valence-electron chi connectivity index (χ2n) is 6.49. The standard InChI is InChI=1S/C18H14Cl4F3N5O/c1-9-15(22)16(18(23,24)25)27-30(9)6-5-14(31)26-17-13(21)8-29(28-17)7-10-11(19)3-2-4-12(10)20/h2-4,8H,5-7H2,1H3,(H,26,28,31). The number of aromatic nitrogens is 4. The fourth-order valence-corrected chi connectivity index (χ4v) is 3.69. The second kappa shape index (κ2) is 9.28. The second-order valence-corrected chi connectivity index (χ2v) is 8.09. The Balaban J connectivity index is 1.66. The molecule has 166 valence electrons. The molecule has 0 saturated carbocycles. The highest BCUT2D eigenvalue weighted by atomic mass is 35.5. The highest BCUT2D eigenvalue weighted by Gasteiger charge is 2.38. The molecule has 1 amide bonds. The first-order valence-corrected chi connectivity index (χ1v) is 10.2. The third kappa shape index (κ3) is 5.46. The summed E-state index contributed by atoms with van der Waals surface area (Å²) >= 11 is 24.1. The molecule has 0 atom stereocenters. The van der Waals surface area contributed by atoms with E-state index >= 15 is 0 Å². The number of rotatable bonds is 6. The molecule has 1 aromatic carbocycles. The van der Waals surface area contributed by atoms with E-state index in [0.29, 0.717) is 15.6 Å². The maximum Gasteiger partial charge on any atom is 0.436 e. The van der Waals surface area contributed by atoms with Crippen LogP contribution < -0.4 is 5.32 Å². The van der Waals surface area contributed by atoms with E-state index in [2.05, 4.69) is 15.5 Å². The fourth-order valence-electron chi connectivity index (χ4n) is 2.73. The molecule has 0 radical (unpaired) electrons. The van der Waals surface area contributed by atoms with Gasteiger partial charge in [-0.1, -0.05) is 52.5 Å². The summed E-state index contributed by atoms with van der Waals surface area (Å²) in [5, 5.41) is 10.8. The van der Waals surface area contributed by atoms with Gasteiger partial charge in [-0.2, -0.15) is 23.4 Å². The van der Waals surface area contributed by atoms with Crippen LogP contribution in [0, 0.1) is 6.92 Å². The number of benzene rings is 1. The smallest absolute Gasteiger partial charge is 0.308 e. The molecule has 6 nitrogen and oxygen atoms in total. The van der Waals surface area contributed by atoms with Crippen molar-refractivity contribution >= 4 is 58.1 Å². The highest BCUT2D eigenvalue weighted by Crippen LogP contribution is 2.35. The van der Waals surface area contributed by atoms with Crippen molar-refractivity contribution in [3.63, 3.8) is 0 Å². The first-order valence-electron chi connectivity index (χ1n) is 8.73. The summed E-state index contributed by atoms with van der Waals surface area (Å²) in [6.45, 7) is 1.50. The van der Waals surface area contributed by atoms with Gasteiger partial charge >= 0.3 is 6.18 Å². The van der Waals surface area contributed by atoms with Crippen molar-refractivity contribution in [1.82, 2.24) is 19.6 Å². The van der Waals surface area contributed by atoms with Crippen molar-refractivity contribution < 1.29 is 18.0 Å². The molecule has 2 heterocycles. The van der Waals surface area contributed by atoms with Crippen molar-refractivity contribution in [2.24, 2.45) is 0 Å². The number of hydrogen-bond donors (Lipinski definition) is 1. The number of amides is 1. The minimum Gasteiger partial charge on any atom is -0.308 e. The van der Waals surface area contributed by atoms with Crippen LogP contribution >= 0.6 is 46.4 Å². The zero-order valence-corrected chi connectivity index (χ0v) is 18.8. The topological polar surface area (TPSA) is 64.7 Å². The molecule has 0 saturated heterocycles. The predicted molar refractivity (Wildman–Crippen MR) is 113 cm³/mol. The fraction of sp³-hybridized carbons (Fsp3) is 0.278. The number of nitrogens with one attached hydrogen (secondary N) is 1. The van der Waals surface area contributed by atoms with Crippen LogP contribution in [0.2, 0.25) is 20.1 Å². The lowest BCUT2D eigenvalue weighted by Gasteiger charge is -2.07. The first kappa shape index (κ1) is 23.7. The zero-order valence-electron chi connectivity index (χ0n) is 15.8. The molecule has 3 rings (SSSR count). The van der Waals surface area contributed by atoms with E-state index in [1.54, 1.807) is 18.2 Å². The minimum absolute atomic E-state index is 0.0982. The molecule has 0 aliphatic carbocycles. The van der Waals surface area contributed by atoms with E-state index in [9.17, 15) is 18.0 Å². The van der Waals surface area contributed by atoms with Crippen molar-refractivity contribution in [1.29, 1.82) is 0 Å². The predicted octanol–water partition coefficient (Wildman–Crippen LogP) is 6.10. The third-order valence-electron chi connectivity index (χ3n) is 4.31. The lowest BCUT2D eigenvalue weighted by Crippen LogP contribution is -2.17. The SMILES string of the molecule is Cc1c(Cl)c(C(F)(F)F)nn1CCC(=O)Nc1nn(Cc2c(Cl)cccc2Cl)cc1Cl. The molecule has 0 aliphatic heterocycles. The number of alkyl halides is 3. The van der Waals surface area contributed by atoms with Gasteiger partial charge in [0.2, 0.25) is 5.91 Å². The van der Waals surface area contributed by atoms with E-state index in [0.717, 1.165) is 4.68 Å². The largest absolute Gasteiger partial charge is 0.436 e. The Morgan fingerprint density at radius 1 is 1.10 bits per heavy atom. The maximum atomic E-state index is 12.9. The molecule has 13 heteroatoms. The molecule has 0 spiro atoms. The molecule has 0 aliphatic rings. The van der Waals surface area contributed by atoms with E-state index in [-0.39, 0.29) is 36.0 Å². The Labute approximate surface area is 194 Å². The molecule has 1 N–H and O–H groups in total. The number of aryl methyl sites for hydroxylation is 1. The van der Waals surface area contributed by atoms with Crippen molar-refractivity contribution in [2.45, 2.75) is 32.6 Å². The summed E-state index contributed by atoms with van der Waals surface area (Å²) in [6, 6.07) is 5.08. The lowest BCUT2D eigenvalue weighted by molar-refractivity contribution is -0.141. The summed E-state index contributed by atoms with van der Waals surface area (Å²) in [5.41, 5.74) is -0.442. The van der Waals surface area contributed by atoms with Crippen LogP contribution in [0.5, 0.6) is 0 Å². The minimum atomic E-state index is -4.68. The Kier molecular flexibility index (Phi) is 7.10. The number of carbonyl (C=O) groups is 1. The van der Waals surface area contributed by atoms with Gasteiger partial charge in [-0.15, -0.1) is 0 Å². The van der Waals surface area contributed by atoms with Gasteiger partial charge in [-0.25, -0.2) is 0 Å². The maximum absolute atomic E-state index is 12.9. The molecule has 0 fully saturated rings. The number of nitrogens with zero attached hydrogens (tertiary/aromatic N) is 4. The quantitative estimate of drug-likeness (QED) is 0.432. The van der Waals surface area contributed by atoms with Crippen molar-refractivity contribution in [3.8, 4) is 0 Å². The monoisotopic (exact) mass is 513 g/mol. The molecule has 3 aromatic rings. The van der Waals surface area contributed by atoms with E-state index in [1.807, 2.05) is 0 Å². The van der Waals surface area contributed by atoms with E-state index in [1.165, 1.54) is 17.8 Å². The number of hydrogen-bond acceptors (Lipinski definition) is 3. The summed E-state index contributed by atoms with van der Waals surface area (Å²) in [7, 11) is 0. The van der Waals surface area contributed by atoms with E-state index < -0.39 is 22.8 Å². The van der Waals surface area contributed by atoms with Crippen LogP contribution in [-0.4, -0.2) is 25.5 Å². The van der Waals surface area contributed by atoms with Crippen LogP contribution in [0.25, 0.3) is 0 Å². The first-order chi connectivity index (χ1) is 14.5. The van der Waals surface area contributed by atoms with Crippen molar-refractivity contribution in [3.05, 3.63) is 61.4 Å². The van der Waals surface area contributed by atoms with Gasteiger partial charge in [-0.3, -0.25) is 14.2 Å². The van der Waals surface area contributed by atoms with Gasteiger partial charge in [0.1, 0.15) is 5.02 Å². The summed E-state index contributed by atoms with van der Waals surface area (Å²) in [6.07, 6.45) is -3.36. The molecule has 0 bridgehead atoms. The number of halogens is 7. The highest BCUT2D eigenvalue weighted by molar-refractivity contribution is 6.36. The van der Waals surface area contributed by atoms with Gasteiger partial charge in [-0.05, 0) is 19.1 Å². The van der Waals surface area contributed by atoms with E-state index in [4.69, 9.17) is 46.4 Å². The molecule has 2 aromatic heterocycles. The Morgan fingerprint density at radius 2 is 1.74 bits per heavy atom. The Morgan fingerprint density at radius 3 is 2.32 bits per heavy atom. The average molecular weight is 515 g/mol. The van der Waals surface area contributed by atoms with Gasteiger partial charge in [0.05, 0.1) is 23.8 Å². The van der Waals surface area contributed by atoms with Gasteiger partial charge < -0.3 is 5.32 Å². The van der Waals surface area contributed by atoms with Gasteiger partial charge in [0, 0.05) is 28.2 Å². The van der Waals surface area contributed by atoms with Gasteiger partial charge in [0.15, 0.2) is 11.5 Å². The molecular formula is C18H14Cl4F3N5O. The Bertz CT molecular complexity index is 1110. The third-order valence-corrected chi connectivity index (χ3v) is 5.75. The lowest BCUT2D eigenvalue weighted by atomic mass is 10.2. The summed E-state index contributed by atoms with van der Waals surface area (Å²) in [4.78, 5) is 12.3. The normalized spacial score (nSPS) is 11.7. The number of carbonyl (C=O) groups excluding carboxylic acids is 1. The van der Waals surface area contributed by atoms with Crippen LogP contribution in [0.15, 0.2) is 24.4 Å². The van der Waals surface area contributed by atoms with Crippen LogP contribution in [0.1, 0.15) is 23.4 Å². The molecular weight excluding hydrogens is 501 g/mol. The average Bonchev–Trinajstić information content (AvgIpc) is 3.16. The van der Waals surface area contributed by atoms with Gasteiger partial charge in [0.25, 0.3) is 0 Å². The zero-order chi connectivity index (χ0) is 22.9. The van der Waals surface area contributed by atoms with Crippen LogP contribution in [0.4, 0.5) is 19.0 Å². The number of anilines is 1. The molecule has 31 heavy (non-hydrogen) atoms. The summed E-state index contributed by atoms with van der Waals surface area (Å²) < 4.78 is 41.2. The Hall–Kier alpha value is -1.94. The van der Waals surface area contributed by atoms with Crippen LogP contribution in [0.3, 0.4) is 0 Å².